The number of piperidine rings is 2. The second-order valence-corrected chi connectivity index (χ2v) is 10.1. The predicted molar refractivity (Wildman–Crippen MR) is 125 cm³/mol. The third kappa shape index (κ3) is 4.04. The minimum absolute atomic E-state index is 0.837. The lowest BCUT2D eigenvalue weighted by Gasteiger charge is -2.40. The first-order chi connectivity index (χ1) is 14.2. The molecule has 2 N–H and O–H groups in total. The van der Waals surface area contributed by atoms with E-state index in [1.165, 1.54) is 66.9 Å². The lowest BCUT2D eigenvalue weighted by molar-refractivity contribution is 0.166. The zero-order valence-corrected chi connectivity index (χ0v) is 19.2. The quantitative estimate of drug-likeness (QED) is 0.598. The zero-order valence-electron chi connectivity index (χ0n) is 16.8. The number of halogens is 2. The van der Waals surface area contributed by atoms with Crippen molar-refractivity contribution in [2.75, 3.05) is 26.2 Å². The summed E-state index contributed by atoms with van der Waals surface area (Å²) in [7, 11) is 0. The second-order valence-electron chi connectivity index (χ2n) is 8.78. The summed E-state index contributed by atoms with van der Waals surface area (Å²) in [5.74, 6) is 1.80. The van der Waals surface area contributed by atoms with Gasteiger partial charge in [0, 0.05) is 34.4 Å². The molecule has 2 fully saturated rings. The van der Waals surface area contributed by atoms with Gasteiger partial charge in [-0.05, 0) is 109 Å². The van der Waals surface area contributed by atoms with E-state index in [4.69, 9.17) is 11.6 Å². The van der Waals surface area contributed by atoms with Crippen LogP contribution in [0.5, 0.6) is 0 Å². The molecule has 0 saturated carbocycles. The van der Waals surface area contributed by atoms with Gasteiger partial charge in [0.1, 0.15) is 0 Å². The van der Waals surface area contributed by atoms with Gasteiger partial charge in [-0.2, -0.15) is 0 Å². The van der Waals surface area contributed by atoms with E-state index in [1.54, 1.807) is 0 Å². The summed E-state index contributed by atoms with van der Waals surface area (Å²) in [4.78, 5) is 2.64. The highest BCUT2D eigenvalue weighted by molar-refractivity contribution is 9.11. The standard InChI is InChI=1S/C24H29BrClN3/c25-20-13-19-2-1-18-14-21(26)3-4-22(18)24(23(19)28-15-20)29-11-7-17(8-12-29)16-5-9-27-10-6-16/h3-4,13-17,27-28H,1-2,5-12H2. The first kappa shape index (κ1) is 19.7. The molecule has 0 atom stereocenters. The zero-order chi connectivity index (χ0) is 19.8. The highest BCUT2D eigenvalue weighted by atomic mass is 79.9. The fraction of sp³-hybridized carbons (Fsp3) is 0.500. The van der Waals surface area contributed by atoms with Gasteiger partial charge in [-0.3, -0.25) is 0 Å². The lowest BCUT2D eigenvalue weighted by Crippen LogP contribution is -2.39. The van der Waals surface area contributed by atoms with Gasteiger partial charge in [-0.15, -0.1) is 0 Å². The van der Waals surface area contributed by atoms with E-state index >= 15 is 0 Å². The van der Waals surface area contributed by atoms with Gasteiger partial charge in [-0.1, -0.05) is 17.7 Å². The Balaban J connectivity index is 1.46. The summed E-state index contributed by atoms with van der Waals surface area (Å²) in [6, 6.07) is 6.45. The Hall–Kier alpha value is -1.23. The van der Waals surface area contributed by atoms with Crippen molar-refractivity contribution >= 4 is 33.2 Å². The second kappa shape index (κ2) is 8.49. The smallest absolute Gasteiger partial charge is 0.0684 e. The Labute approximate surface area is 187 Å². The van der Waals surface area contributed by atoms with Gasteiger partial charge in [-0.25, -0.2) is 0 Å². The van der Waals surface area contributed by atoms with Crippen LogP contribution in [-0.4, -0.2) is 31.1 Å². The van der Waals surface area contributed by atoms with Gasteiger partial charge < -0.3 is 15.5 Å². The van der Waals surface area contributed by atoms with Crippen LogP contribution >= 0.6 is 27.5 Å². The molecule has 0 radical (unpaired) electrons. The summed E-state index contributed by atoms with van der Waals surface area (Å²) in [6.07, 6.45) is 11.7. The maximum atomic E-state index is 6.36. The Bertz CT molecular complexity index is 874. The Morgan fingerprint density at radius 2 is 1.76 bits per heavy atom. The lowest BCUT2D eigenvalue weighted by atomic mass is 9.79. The minimum atomic E-state index is 0.837. The van der Waals surface area contributed by atoms with Gasteiger partial charge in [0.25, 0.3) is 0 Å². The fourth-order valence-electron chi connectivity index (χ4n) is 5.57. The van der Waals surface area contributed by atoms with Gasteiger partial charge in [0.15, 0.2) is 0 Å². The van der Waals surface area contributed by atoms with E-state index in [9.17, 15) is 0 Å². The van der Waals surface area contributed by atoms with Crippen LogP contribution in [0.3, 0.4) is 0 Å². The van der Waals surface area contributed by atoms with Crippen molar-refractivity contribution in [1.82, 2.24) is 15.5 Å². The monoisotopic (exact) mass is 473 g/mol. The highest BCUT2D eigenvalue weighted by Crippen LogP contribution is 2.40. The van der Waals surface area contributed by atoms with Crippen molar-refractivity contribution in [1.29, 1.82) is 0 Å². The van der Waals surface area contributed by atoms with Gasteiger partial charge in [0.2, 0.25) is 0 Å². The van der Waals surface area contributed by atoms with E-state index in [0.717, 1.165) is 47.3 Å². The predicted octanol–water partition coefficient (Wildman–Crippen LogP) is 5.43. The van der Waals surface area contributed by atoms with Crippen molar-refractivity contribution in [3.8, 4) is 0 Å². The average Bonchev–Trinajstić information content (AvgIpc) is 2.91. The van der Waals surface area contributed by atoms with Crippen LogP contribution in [-0.2, 0) is 6.42 Å². The molecule has 1 aromatic rings. The number of fused-ring (bicyclic) bond motifs is 2. The molecule has 3 aliphatic heterocycles. The number of aryl methyl sites for hydroxylation is 1. The summed E-state index contributed by atoms with van der Waals surface area (Å²) in [5, 5.41) is 7.96. The van der Waals surface area contributed by atoms with E-state index in [0.29, 0.717) is 0 Å². The molecule has 4 aliphatic rings. The number of nitrogens with zero attached hydrogens (tertiary/aromatic N) is 1. The van der Waals surface area contributed by atoms with Crippen molar-refractivity contribution in [3.05, 3.63) is 62.4 Å². The van der Waals surface area contributed by atoms with E-state index in [-0.39, 0.29) is 0 Å². The molecule has 1 aliphatic carbocycles. The molecular weight excluding hydrogens is 446 g/mol. The molecule has 29 heavy (non-hydrogen) atoms. The highest BCUT2D eigenvalue weighted by Gasteiger charge is 2.32. The van der Waals surface area contributed by atoms with Crippen LogP contribution in [0.4, 0.5) is 0 Å². The Kier molecular flexibility index (Phi) is 5.77. The third-order valence-electron chi connectivity index (χ3n) is 7.12. The molecule has 154 valence electrons. The Morgan fingerprint density at radius 3 is 2.55 bits per heavy atom. The molecule has 5 heteroatoms. The van der Waals surface area contributed by atoms with E-state index < -0.39 is 0 Å². The number of dihydropyridines is 1. The summed E-state index contributed by atoms with van der Waals surface area (Å²) in [6.45, 7) is 4.70. The van der Waals surface area contributed by atoms with Gasteiger partial charge in [0.05, 0.1) is 11.4 Å². The molecule has 5 rings (SSSR count). The molecule has 3 nitrogen and oxygen atoms in total. The van der Waals surface area contributed by atoms with Crippen molar-refractivity contribution in [2.24, 2.45) is 11.8 Å². The topological polar surface area (TPSA) is 27.3 Å². The van der Waals surface area contributed by atoms with E-state index in [1.807, 2.05) is 6.07 Å². The number of allylic oxidation sites excluding steroid dienone is 3. The third-order valence-corrected chi connectivity index (χ3v) is 7.81. The van der Waals surface area contributed by atoms with Crippen LogP contribution < -0.4 is 10.6 Å². The molecule has 3 heterocycles. The largest absolute Gasteiger partial charge is 0.369 e. The van der Waals surface area contributed by atoms with E-state index in [2.05, 4.69) is 55.9 Å². The van der Waals surface area contributed by atoms with Gasteiger partial charge >= 0.3 is 0 Å². The molecule has 0 bridgehead atoms. The summed E-state index contributed by atoms with van der Waals surface area (Å²) >= 11 is 10.0. The minimum Gasteiger partial charge on any atom is -0.369 e. The maximum absolute atomic E-state index is 6.36. The fourth-order valence-corrected chi connectivity index (χ4v) is 6.16. The van der Waals surface area contributed by atoms with Crippen LogP contribution in [0.15, 0.2) is 46.2 Å². The maximum Gasteiger partial charge on any atom is 0.0684 e. The Morgan fingerprint density at radius 1 is 1.00 bits per heavy atom. The molecule has 2 saturated heterocycles. The first-order valence-electron chi connectivity index (χ1n) is 11.0. The van der Waals surface area contributed by atoms with Crippen molar-refractivity contribution in [3.63, 3.8) is 0 Å². The number of nitrogens with one attached hydrogen (secondary N) is 2. The number of rotatable bonds is 2. The number of benzene rings is 1. The molecule has 0 spiro atoms. The van der Waals surface area contributed by atoms with Crippen LogP contribution in [0, 0.1) is 11.8 Å². The summed E-state index contributed by atoms with van der Waals surface area (Å²) in [5.41, 5.74) is 6.78. The first-order valence-corrected chi connectivity index (χ1v) is 12.2. The number of likely N-dealkylation sites (tertiary alicyclic amines) is 1. The number of hydrogen-bond acceptors (Lipinski definition) is 3. The van der Waals surface area contributed by atoms with Crippen LogP contribution in [0.2, 0.25) is 5.02 Å². The normalized spacial score (nSPS) is 23.6. The molecule has 0 amide bonds. The van der Waals surface area contributed by atoms with Crippen LogP contribution in [0.1, 0.15) is 43.2 Å². The molecule has 0 unspecified atom stereocenters. The van der Waals surface area contributed by atoms with Crippen molar-refractivity contribution in [2.45, 2.75) is 38.5 Å². The van der Waals surface area contributed by atoms with Crippen molar-refractivity contribution < 1.29 is 0 Å². The summed E-state index contributed by atoms with van der Waals surface area (Å²) < 4.78 is 1.12. The molecule has 0 aromatic heterocycles. The SMILES string of the molecule is Clc1ccc2c(c1)CCC1=CC(Br)=CNC1=C2N1CCC(C2CCNCC2)CC1. The number of hydrogen-bond donors (Lipinski definition) is 2. The molecular formula is C24H29BrClN3. The molecule has 1 aromatic carbocycles. The van der Waals surface area contributed by atoms with Crippen LogP contribution in [0.25, 0.3) is 5.70 Å². The average molecular weight is 475 g/mol.